The minimum atomic E-state index is -0.311. The first-order valence-corrected chi connectivity index (χ1v) is 5.74. The molecular weight excluding hydrogens is 186 g/mol. The molecular formula is C13H19NO. The molecule has 1 aliphatic rings. The van der Waals surface area contributed by atoms with Crippen molar-refractivity contribution in [1.82, 2.24) is 0 Å². The van der Waals surface area contributed by atoms with E-state index in [9.17, 15) is 5.11 Å². The van der Waals surface area contributed by atoms with E-state index in [1.807, 2.05) is 0 Å². The van der Waals surface area contributed by atoms with Gasteiger partial charge < -0.3 is 10.8 Å². The smallest absolute Gasteiger partial charge is 0.0662 e. The summed E-state index contributed by atoms with van der Waals surface area (Å²) in [6, 6.07) is 8.65. The number of benzene rings is 1. The molecule has 2 rings (SSSR count). The second-order valence-electron chi connectivity index (χ2n) is 4.51. The van der Waals surface area contributed by atoms with Crippen LogP contribution in [0.5, 0.6) is 0 Å². The largest absolute Gasteiger partial charge is 0.392 e. The third-order valence-electron chi connectivity index (χ3n) is 3.32. The molecule has 15 heavy (non-hydrogen) atoms. The maximum absolute atomic E-state index is 9.41. The van der Waals surface area contributed by atoms with Crippen molar-refractivity contribution in [2.24, 2.45) is 11.7 Å². The van der Waals surface area contributed by atoms with Crippen molar-refractivity contribution in [3.05, 3.63) is 35.4 Å². The van der Waals surface area contributed by atoms with Crippen LogP contribution >= 0.6 is 0 Å². The maximum Gasteiger partial charge on any atom is 0.0662 e. The second-order valence-corrected chi connectivity index (χ2v) is 4.51. The summed E-state index contributed by atoms with van der Waals surface area (Å²) in [4.78, 5) is 0. The summed E-state index contributed by atoms with van der Waals surface area (Å²) >= 11 is 0. The molecule has 2 nitrogen and oxygen atoms in total. The Kier molecular flexibility index (Phi) is 3.39. The molecule has 2 heteroatoms. The molecule has 0 unspecified atom stereocenters. The summed E-state index contributed by atoms with van der Waals surface area (Å²) in [7, 11) is 0. The Labute approximate surface area is 91.1 Å². The molecule has 1 aromatic rings. The Morgan fingerprint density at radius 3 is 2.40 bits per heavy atom. The van der Waals surface area contributed by atoms with Crippen molar-refractivity contribution < 1.29 is 5.11 Å². The van der Waals surface area contributed by atoms with Crippen LogP contribution in [0.25, 0.3) is 0 Å². The minimum Gasteiger partial charge on any atom is -0.392 e. The molecule has 0 aromatic heterocycles. The van der Waals surface area contributed by atoms with E-state index in [1.54, 1.807) is 0 Å². The van der Waals surface area contributed by atoms with E-state index in [4.69, 9.17) is 5.73 Å². The molecule has 1 atom stereocenters. The summed E-state index contributed by atoms with van der Waals surface area (Å²) in [6.45, 7) is 0.389. The summed E-state index contributed by atoms with van der Waals surface area (Å²) in [5.74, 6) is 0.712. The van der Waals surface area contributed by atoms with Gasteiger partial charge in [-0.25, -0.2) is 0 Å². The summed E-state index contributed by atoms with van der Waals surface area (Å²) in [5.41, 5.74) is 8.37. The van der Waals surface area contributed by atoms with E-state index < -0.39 is 0 Å². The van der Waals surface area contributed by atoms with Crippen LogP contribution in [0.4, 0.5) is 0 Å². The van der Waals surface area contributed by atoms with Crippen molar-refractivity contribution in [2.45, 2.75) is 31.8 Å². The zero-order chi connectivity index (χ0) is 10.7. The van der Waals surface area contributed by atoms with E-state index >= 15 is 0 Å². The van der Waals surface area contributed by atoms with E-state index in [0.717, 1.165) is 12.8 Å². The number of hydrogen-bond acceptors (Lipinski definition) is 2. The molecule has 0 aliphatic heterocycles. The van der Waals surface area contributed by atoms with Crippen LogP contribution in [0, 0.1) is 5.92 Å². The fraction of sp³-hybridized carbons (Fsp3) is 0.538. The average molecular weight is 205 g/mol. The van der Waals surface area contributed by atoms with Gasteiger partial charge in [0.05, 0.1) is 6.10 Å². The number of aliphatic hydroxyl groups excluding tert-OH is 1. The van der Waals surface area contributed by atoms with Crippen LogP contribution in [0.2, 0.25) is 0 Å². The van der Waals surface area contributed by atoms with Gasteiger partial charge in [0, 0.05) is 6.54 Å². The number of aliphatic hydroxyl groups is 1. The van der Waals surface area contributed by atoms with Gasteiger partial charge >= 0.3 is 0 Å². The van der Waals surface area contributed by atoms with Crippen molar-refractivity contribution >= 4 is 0 Å². The van der Waals surface area contributed by atoms with E-state index in [0.29, 0.717) is 12.5 Å². The van der Waals surface area contributed by atoms with Gasteiger partial charge in [0.15, 0.2) is 0 Å². The van der Waals surface area contributed by atoms with Gasteiger partial charge in [-0.3, -0.25) is 0 Å². The highest BCUT2D eigenvalue weighted by Gasteiger charge is 2.21. The van der Waals surface area contributed by atoms with Crippen LogP contribution in [0.1, 0.15) is 24.0 Å². The van der Waals surface area contributed by atoms with Crippen LogP contribution in [0.3, 0.4) is 0 Å². The number of nitrogens with two attached hydrogens (primary N) is 1. The lowest BCUT2D eigenvalue weighted by Crippen LogP contribution is -2.20. The molecule has 0 bridgehead atoms. The van der Waals surface area contributed by atoms with Crippen LogP contribution < -0.4 is 5.73 Å². The van der Waals surface area contributed by atoms with Crippen LogP contribution in [0.15, 0.2) is 24.3 Å². The van der Waals surface area contributed by atoms with Gasteiger partial charge in [0.1, 0.15) is 0 Å². The fourth-order valence-electron chi connectivity index (χ4n) is 2.40. The Morgan fingerprint density at radius 1 is 1.27 bits per heavy atom. The highest BCUT2D eigenvalue weighted by Crippen LogP contribution is 2.29. The zero-order valence-corrected chi connectivity index (χ0v) is 9.02. The monoisotopic (exact) mass is 205 g/mol. The predicted molar refractivity (Wildman–Crippen MR) is 61.6 cm³/mol. The average Bonchev–Trinajstić information content (AvgIpc) is 2.68. The van der Waals surface area contributed by atoms with Crippen LogP contribution in [-0.4, -0.2) is 17.8 Å². The lowest BCUT2D eigenvalue weighted by Gasteiger charge is -2.11. The topological polar surface area (TPSA) is 46.2 Å². The molecule has 1 aliphatic carbocycles. The second kappa shape index (κ2) is 4.77. The molecule has 1 aromatic carbocycles. The molecule has 82 valence electrons. The Hall–Kier alpha value is -0.860. The Balaban J connectivity index is 1.85. The first-order chi connectivity index (χ1) is 7.29. The predicted octanol–water partition coefficient (Wildman–Crippen LogP) is 1.50. The lowest BCUT2D eigenvalue weighted by atomic mass is 9.98. The molecule has 0 radical (unpaired) electrons. The third-order valence-corrected chi connectivity index (χ3v) is 3.32. The standard InChI is InChI=1S/C13H19NO/c14-9-13(15)6-5-10-7-11-3-1-2-4-12(11)8-10/h1-4,10,13,15H,5-9,14H2/t13-/m0/s1. The van der Waals surface area contributed by atoms with Crippen molar-refractivity contribution in [2.75, 3.05) is 6.54 Å². The van der Waals surface area contributed by atoms with Gasteiger partial charge in [-0.05, 0) is 42.7 Å². The molecule has 0 amide bonds. The first kappa shape index (κ1) is 10.7. The Morgan fingerprint density at radius 2 is 1.87 bits per heavy atom. The highest BCUT2D eigenvalue weighted by molar-refractivity contribution is 5.31. The normalized spacial score (nSPS) is 17.7. The SMILES string of the molecule is NC[C@@H](O)CCC1Cc2ccccc2C1. The molecule has 0 spiro atoms. The van der Waals surface area contributed by atoms with Crippen molar-refractivity contribution in [1.29, 1.82) is 0 Å². The van der Waals surface area contributed by atoms with Gasteiger partial charge in [0.2, 0.25) is 0 Å². The Bertz CT molecular complexity index is 299. The highest BCUT2D eigenvalue weighted by atomic mass is 16.3. The number of fused-ring (bicyclic) bond motifs is 1. The van der Waals surface area contributed by atoms with E-state index in [-0.39, 0.29) is 6.10 Å². The summed E-state index contributed by atoms with van der Waals surface area (Å²) in [6.07, 6.45) is 3.97. The number of hydrogen-bond donors (Lipinski definition) is 2. The van der Waals surface area contributed by atoms with Gasteiger partial charge in [0.25, 0.3) is 0 Å². The lowest BCUT2D eigenvalue weighted by molar-refractivity contribution is 0.163. The molecule has 0 fully saturated rings. The first-order valence-electron chi connectivity index (χ1n) is 5.74. The van der Waals surface area contributed by atoms with E-state index in [1.165, 1.54) is 24.0 Å². The third kappa shape index (κ3) is 2.58. The van der Waals surface area contributed by atoms with Crippen molar-refractivity contribution in [3.63, 3.8) is 0 Å². The quantitative estimate of drug-likeness (QED) is 0.782. The van der Waals surface area contributed by atoms with Gasteiger partial charge in [-0.2, -0.15) is 0 Å². The minimum absolute atomic E-state index is 0.311. The molecule has 0 saturated carbocycles. The molecule has 0 saturated heterocycles. The van der Waals surface area contributed by atoms with Gasteiger partial charge in [-0.15, -0.1) is 0 Å². The summed E-state index contributed by atoms with van der Waals surface area (Å²) < 4.78 is 0. The van der Waals surface area contributed by atoms with Crippen LogP contribution in [-0.2, 0) is 12.8 Å². The number of rotatable bonds is 4. The maximum atomic E-state index is 9.41. The van der Waals surface area contributed by atoms with E-state index in [2.05, 4.69) is 24.3 Å². The molecule has 3 N–H and O–H groups in total. The zero-order valence-electron chi connectivity index (χ0n) is 9.02. The summed E-state index contributed by atoms with van der Waals surface area (Å²) in [5, 5.41) is 9.41. The fourth-order valence-corrected chi connectivity index (χ4v) is 2.40. The van der Waals surface area contributed by atoms with Crippen molar-refractivity contribution in [3.8, 4) is 0 Å². The van der Waals surface area contributed by atoms with Gasteiger partial charge in [-0.1, -0.05) is 24.3 Å². The molecule has 0 heterocycles.